The highest BCUT2D eigenvalue weighted by atomic mass is 16.6. The van der Waals surface area contributed by atoms with Gasteiger partial charge in [0, 0.05) is 32.8 Å². The van der Waals surface area contributed by atoms with Crippen molar-refractivity contribution in [1.82, 2.24) is 10.2 Å². The van der Waals surface area contributed by atoms with Crippen molar-refractivity contribution in [2.45, 2.75) is 65.5 Å². The second-order valence-electron chi connectivity index (χ2n) is 6.31. The molecule has 0 bridgehead atoms. The molecule has 0 fully saturated rings. The van der Waals surface area contributed by atoms with Crippen LogP contribution in [-0.4, -0.2) is 56.0 Å². The summed E-state index contributed by atoms with van der Waals surface area (Å²) < 4.78 is 10.5. The molecule has 5 heteroatoms. The van der Waals surface area contributed by atoms with Gasteiger partial charge in [-0.25, -0.2) is 4.79 Å². The molecule has 126 valence electrons. The van der Waals surface area contributed by atoms with Crippen LogP contribution in [0.1, 0.15) is 53.9 Å². The zero-order chi connectivity index (χ0) is 16.3. The van der Waals surface area contributed by atoms with E-state index < -0.39 is 5.60 Å². The van der Waals surface area contributed by atoms with E-state index in [0.717, 1.165) is 13.0 Å². The van der Waals surface area contributed by atoms with Crippen LogP contribution in [0.2, 0.25) is 0 Å². The van der Waals surface area contributed by atoms with Crippen molar-refractivity contribution in [3.8, 4) is 0 Å². The van der Waals surface area contributed by atoms with Gasteiger partial charge in [0.05, 0.1) is 6.61 Å². The van der Waals surface area contributed by atoms with E-state index in [1.54, 1.807) is 12.0 Å². The van der Waals surface area contributed by atoms with Gasteiger partial charge in [-0.1, -0.05) is 20.3 Å². The van der Waals surface area contributed by atoms with Crippen LogP contribution in [0, 0.1) is 0 Å². The highest BCUT2D eigenvalue weighted by Gasteiger charge is 2.21. The van der Waals surface area contributed by atoms with E-state index in [-0.39, 0.29) is 6.09 Å². The molecule has 1 amide bonds. The second kappa shape index (κ2) is 10.9. The van der Waals surface area contributed by atoms with Crippen molar-refractivity contribution >= 4 is 6.09 Å². The van der Waals surface area contributed by atoms with Gasteiger partial charge in [0.15, 0.2) is 0 Å². The number of carbonyl (C=O) groups excluding carboxylic acids is 1. The van der Waals surface area contributed by atoms with Crippen molar-refractivity contribution in [2.75, 3.05) is 33.4 Å². The van der Waals surface area contributed by atoms with Crippen molar-refractivity contribution in [1.29, 1.82) is 0 Å². The fourth-order valence-corrected chi connectivity index (χ4v) is 2.02. The van der Waals surface area contributed by atoms with Gasteiger partial charge in [0.25, 0.3) is 0 Å². The fraction of sp³-hybridized carbons (Fsp3) is 0.938. The number of ether oxygens (including phenoxy) is 2. The van der Waals surface area contributed by atoms with Gasteiger partial charge in [-0.05, 0) is 33.6 Å². The Balaban J connectivity index is 4.32. The smallest absolute Gasteiger partial charge is 0.410 e. The summed E-state index contributed by atoms with van der Waals surface area (Å²) in [5.41, 5.74) is -0.468. The number of carbonyl (C=O) groups is 1. The molecule has 0 saturated heterocycles. The van der Waals surface area contributed by atoms with E-state index in [2.05, 4.69) is 19.2 Å². The number of hydrogen-bond acceptors (Lipinski definition) is 4. The van der Waals surface area contributed by atoms with Gasteiger partial charge in [-0.3, -0.25) is 0 Å². The summed E-state index contributed by atoms with van der Waals surface area (Å²) in [6.07, 6.45) is 3.18. The molecule has 0 spiro atoms. The first-order chi connectivity index (χ1) is 9.84. The molecule has 0 aliphatic heterocycles. The normalized spacial score (nSPS) is 13.0. The molecule has 0 aromatic heterocycles. The highest BCUT2D eigenvalue weighted by molar-refractivity contribution is 5.68. The molecule has 0 saturated carbocycles. The molecule has 1 N–H and O–H groups in total. The first-order valence-electron chi connectivity index (χ1n) is 8.04. The van der Waals surface area contributed by atoms with E-state index in [9.17, 15) is 4.79 Å². The molecular formula is C16H34N2O3. The third-order valence-electron chi connectivity index (χ3n) is 3.16. The van der Waals surface area contributed by atoms with Crippen LogP contribution in [0.4, 0.5) is 4.79 Å². The zero-order valence-corrected chi connectivity index (χ0v) is 14.7. The van der Waals surface area contributed by atoms with Crippen LogP contribution < -0.4 is 5.32 Å². The van der Waals surface area contributed by atoms with Gasteiger partial charge in [-0.2, -0.15) is 0 Å². The molecule has 21 heavy (non-hydrogen) atoms. The lowest BCUT2D eigenvalue weighted by Crippen LogP contribution is -2.43. The predicted octanol–water partition coefficient (Wildman–Crippen LogP) is 3.04. The van der Waals surface area contributed by atoms with Gasteiger partial charge < -0.3 is 19.7 Å². The molecule has 0 radical (unpaired) electrons. The van der Waals surface area contributed by atoms with Crippen LogP contribution >= 0.6 is 0 Å². The largest absolute Gasteiger partial charge is 0.444 e. The lowest BCUT2D eigenvalue weighted by molar-refractivity contribution is 0.0202. The van der Waals surface area contributed by atoms with E-state index in [0.29, 0.717) is 25.7 Å². The fourth-order valence-electron chi connectivity index (χ4n) is 2.02. The summed E-state index contributed by atoms with van der Waals surface area (Å²) in [5.74, 6) is 0. The Morgan fingerprint density at radius 1 is 1.24 bits per heavy atom. The average molecular weight is 302 g/mol. The Bertz CT molecular complexity index is 277. The van der Waals surface area contributed by atoms with Crippen LogP contribution in [0.15, 0.2) is 0 Å². The summed E-state index contributed by atoms with van der Waals surface area (Å²) in [7, 11) is 1.64. The minimum absolute atomic E-state index is 0.273. The third kappa shape index (κ3) is 10.5. The summed E-state index contributed by atoms with van der Waals surface area (Å²) in [4.78, 5) is 13.9. The number of rotatable bonds is 10. The Morgan fingerprint density at radius 3 is 2.38 bits per heavy atom. The molecule has 5 nitrogen and oxygen atoms in total. The van der Waals surface area contributed by atoms with Crippen LogP contribution in [-0.2, 0) is 9.47 Å². The van der Waals surface area contributed by atoms with Crippen molar-refractivity contribution in [2.24, 2.45) is 0 Å². The summed E-state index contributed by atoms with van der Waals surface area (Å²) in [6, 6.07) is 0.526. The van der Waals surface area contributed by atoms with E-state index >= 15 is 0 Å². The summed E-state index contributed by atoms with van der Waals surface area (Å²) in [5, 5.41) is 3.50. The van der Waals surface area contributed by atoms with Crippen LogP contribution in [0.3, 0.4) is 0 Å². The molecule has 1 unspecified atom stereocenters. The minimum Gasteiger partial charge on any atom is -0.444 e. The maximum atomic E-state index is 12.2. The minimum atomic E-state index is -0.468. The zero-order valence-electron chi connectivity index (χ0n) is 14.7. The predicted molar refractivity (Wildman–Crippen MR) is 86.7 cm³/mol. The number of methoxy groups -OCH3 is 1. The molecule has 0 rings (SSSR count). The first-order valence-corrected chi connectivity index (χ1v) is 8.04. The number of hydrogen-bond donors (Lipinski definition) is 1. The number of nitrogens with zero attached hydrogens (tertiary/aromatic N) is 1. The summed E-state index contributed by atoms with van der Waals surface area (Å²) >= 11 is 0. The molecule has 0 aromatic rings. The lowest BCUT2D eigenvalue weighted by Gasteiger charge is -2.28. The Kier molecular flexibility index (Phi) is 10.4. The average Bonchev–Trinajstić information content (AvgIpc) is 2.39. The van der Waals surface area contributed by atoms with Gasteiger partial charge in [0.1, 0.15) is 5.60 Å². The monoisotopic (exact) mass is 302 g/mol. The molecular weight excluding hydrogens is 268 g/mol. The molecule has 0 aliphatic rings. The third-order valence-corrected chi connectivity index (χ3v) is 3.16. The second-order valence-corrected chi connectivity index (χ2v) is 6.31. The van der Waals surface area contributed by atoms with Crippen LogP contribution in [0.25, 0.3) is 0 Å². The maximum Gasteiger partial charge on any atom is 0.410 e. The van der Waals surface area contributed by atoms with Gasteiger partial charge in [-0.15, -0.1) is 0 Å². The molecule has 0 aromatic carbocycles. The number of amides is 1. The maximum absolute atomic E-state index is 12.2. The molecule has 1 atom stereocenters. The van der Waals surface area contributed by atoms with Crippen molar-refractivity contribution in [3.05, 3.63) is 0 Å². The standard InChI is InChI=1S/C16H34N2O3/c1-7-9-14(8-2)17-10-11-18(12-13-20-6)15(19)21-16(3,4)5/h14,17H,7-13H2,1-6H3. The SMILES string of the molecule is CCCC(CC)NCCN(CCOC)C(=O)OC(C)(C)C. The number of nitrogens with one attached hydrogen (secondary N) is 1. The quantitative estimate of drug-likeness (QED) is 0.674. The lowest BCUT2D eigenvalue weighted by atomic mass is 10.1. The van der Waals surface area contributed by atoms with Gasteiger partial charge in [0.2, 0.25) is 0 Å². The molecule has 0 heterocycles. The Labute approximate surface area is 130 Å². The van der Waals surface area contributed by atoms with Gasteiger partial charge >= 0.3 is 6.09 Å². The van der Waals surface area contributed by atoms with Crippen molar-refractivity contribution < 1.29 is 14.3 Å². The Morgan fingerprint density at radius 2 is 1.90 bits per heavy atom. The summed E-state index contributed by atoms with van der Waals surface area (Å²) in [6.45, 7) is 12.5. The van der Waals surface area contributed by atoms with Crippen LogP contribution in [0.5, 0.6) is 0 Å². The Hall–Kier alpha value is -0.810. The first kappa shape index (κ1) is 20.2. The highest BCUT2D eigenvalue weighted by Crippen LogP contribution is 2.10. The van der Waals surface area contributed by atoms with E-state index in [4.69, 9.17) is 9.47 Å². The topological polar surface area (TPSA) is 50.8 Å². The van der Waals surface area contributed by atoms with E-state index in [1.165, 1.54) is 12.8 Å². The van der Waals surface area contributed by atoms with Crippen molar-refractivity contribution in [3.63, 3.8) is 0 Å². The molecule has 0 aliphatic carbocycles. The van der Waals surface area contributed by atoms with E-state index in [1.807, 2.05) is 20.8 Å².